The van der Waals surface area contributed by atoms with Gasteiger partial charge in [-0.1, -0.05) is 25.0 Å². The molecule has 0 unspecified atom stereocenters. The number of benzene rings is 1. The number of halogens is 1. The second-order valence-electron chi connectivity index (χ2n) is 6.69. The number of primary amides is 1. The van der Waals surface area contributed by atoms with Crippen LogP contribution in [0.1, 0.15) is 42.5 Å². The zero-order chi connectivity index (χ0) is 18.5. The first kappa shape index (κ1) is 18.1. The number of aromatic nitrogens is 2. The van der Waals surface area contributed by atoms with Crippen LogP contribution in [0.3, 0.4) is 0 Å². The fourth-order valence-electron chi connectivity index (χ4n) is 3.46. The maximum atomic E-state index is 14.4. The van der Waals surface area contributed by atoms with Gasteiger partial charge in [0.15, 0.2) is 0 Å². The van der Waals surface area contributed by atoms with E-state index in [2.05, 4.69) is 10.4 Å². The molecule has 26 heavy (non-hydrogen) atoms. The quantitative estimate of drug-likeness (QED) is 0.797. The molecule has 1 aliphatic rings. The van der Waals surface area contributed by atoms with Crippen LogP contribution >= 0.6 is 0 Å². The minimum Gasteiger partial charge on any atom is -0.370 e. The fourth-order valence-corrected chi connectivity index (χ4v) is 3.46. The van der Waals surface area contributed by atoms with E-state index in [1.807, 2.05) is 0 Å². The average molecular weight is 358 g/mol. The minimum atomic E-state index is -0.489. The Kier molecular flexibility index (Phi) is 5.65. The highest BCUT2D eigenvalue weighted by Gasteiger charge is 2.24. The molecular weight excluding hydrogens is 335 g/mol. The summed E-state index contributed by atoms with van der Waals surface area (Å²) in [6, 6.07) is 6.37. The lowest BCUT2D eigenvalue weighted by Gasteiger charge is -2.14. The second kappa shape index (κ2) is 8.12. The highest BCUT2D eigenvalue weighted by Crippen LogP contribution is 2.31. The lowest BCUT2D eigenvalue weighted by molar-refractivity contribution is -0.117. The summed E-state index contributed by atoms with van der Waals surface area (Å²) in [5, 5.41) is 7.01. The van der Waals surface area contributed by atoms with Crippen molar-refractivity contribution in [3.8, 4) is 11.3 Å². The van der Waals surface area contributed by atoms with Gasteiger partial charge in [0.1, 0.15) is 5.82 Å². The standard InChI is InChI=1S/C19H23FN4O2/c20-16-8-4-3-7-14(16)18-15(19(26)22-10-9-17(21)25)11-23-24(18)12-13-5-1-2-6-13/h3-4,7-8,11,13H,1-2,5-6,9-10,12H2,(H2,21,25)(H,22,26). The summed E-state index contributed by atoms with van der Waals surface area (Å²) in [4.78, 5) is 23.4. The zero-order valence-electron chi connectivity index (χ0n) is 14.6. The van der Waals surface area contributed by atoms with Crippen LogP contribution in [0.5, 0.6) is 0 Å². The molecule has 1 saturated carbocycles. The van der Waals surface area contributed by atoms with Crippen molar-refractivity contribution < 1.29 is 14.0 Å². The summed E-state index contributed by atoms with van der Waals surface area (Å²) in [7, 11) is 0. The van der Waals surface area contributed by atoms with Crippen molar-refractivity contribution >= 4 is 11.8 Å². The molecular formula is C19H23FN4O2. The summed E-state index contributed by atoms with van der Waals surface area (Å²) in [5.74, 6) is -0.781. The molecule has 0 bridgehead atoms. The Labute approximate surface area is 151 Å². The van der Waals surface area contributed by atoms with Crippen LogP contribution < -0.4 is 11.1 Å². The van der Waals surface area contributed by atoms with E-state index in [1.54, 1.807) is 22.9 Å². The van der Waals surface area contributed by atoms with Gasteiger partial charge in [-0.2, -0.15) is 5.10 Å². The second-order valence-corrected chi connectivity index (χ2v) is 6.69. The van der Waals surface area contributed by atoms with Gasteiger partial charge in [-0.3, -0.25) is 14.3 Å². The number of nitrogens with two attached hydrogens (primary N) is 1. The highest BCUT2D eigenvalue weighted by molar-refractivity contribution is 6.00. The molecule has 0 aliphatic heterocycles. The number of nitrogens with zero attached hydrogens (tertiary/aromatic N) is 2. The average Bonchev–Trinajstić information content (AvgIpc) is 3.25. The van der Waals surface area contributed by atoms with Gasteiger partial charge in [0, 0.05) is 25.1 Å². The summed E-state index contributed by atoms with van der Waals surface area (Å²) < 4.78 is 16.1. The van der Waals surface area contributed by atoms with Crippen molar-refractivity contribution in [2.45, 2.75) is 38.6 Å². The van der Waals surface area contributed by atoms with Crippen molar-refractivity contribution in [3.63, 3.8) is 0 Å². The molecule has 1 fully saturated rings. The van der Waals surface area contributed by atoms with Crippen LogP contribution in [0.2, 0.25) is 0 Å². The van der Waals surface area contributed by atoms with Gasteiger partial charge in [-0.25, -0.2) is 4.39 Å². The lowest BCUT2D eigenvalue weighted by atomic mass is 10.0. The van der Waals surface area contributed by atoms with Crippen molar-refractivity contribution in [2.75, 3.05) is 6.54 Å². The molecule has 3 N–H and O–H groups in total. The predicted molar refractivity (Wildman–Crippen MR) is 95.7 cm³/mol. The molecule has 0 saturated heterocycles. The molecule has 0 radical (unpaired) electrons. The highest BCUT2D eigenvalue weighted by atomic mass is 19.1. The summed E-state index contributed by atoms with van der Waals surface area (Å²) in [6.45, 7) is 0.802. The van der Waals surface area contributed by atoms with E-state index in [9.17, 15) is 14.0 Å². The number of carbonyl (C=O) groups is 2. The monoisotopic (exact) mass is 358 g/mol. The molecule has 0 spiro atoms. The maximum absolute atomic E-state index is 14.4. The third-order valence-corrected chi connectivity index (χ3v) is 4.78. The molecule has 138 valence electrons. The number of nitrogens with one attached hydrogen (secondary N) is 1. The summed E-state index contributed by atoms with van der Waals surface area (Å²) in [5.41, 5.74) is 6.23. The van der Waals surface area contributed by atoms with Gasteiger partial charge in [0.05, 0.1) is 17.5 Å². The number of rotatable bonds is 7. The first-order chi connectivity index (χ1) is 12.6. The number of hydrogen-bond acceptors (Lipinski definition) is 3. The van der Waals surface area contributed by atoms with Crippen molar-refractivity contribution in [2.24, 2.45) is 11.7 Å². The van der Waals surface area contributed by atoms with Gasteiger partial charge < -0.3 is 11.1 Å². The first-order valence-electron chi connectivity index (χ1n) is 8.93. The smallest absolute Gasteiger partial charge is 0.255 e. The van der Waals surface area contributed by atoms with E-state index < -0.39 is 11.7 Å². The number of hydrogen-bond donors (Lipinski definition) is 2. The molecule has 2 amide bonds. The Bertz CT molecular complexity index is 797. The number of amides is 2. The molecule has 1 aliphatic carbocycles. The normalized spacial score (nSPS) is 14.5. The molecule has 7 heteroatoms. The van der Waals surface area contributed by atoms with Gasteiger partial charge in [0.2, 0.25) is 5.91 Å². The third-order valence-electron chi connectivity index (χ3n) is 4.78. The lowest BCUT2D eigenvalue weighted by Crippen LogP contribution is -2.28. The van der Waals surface area contributed by atoms with E-state index in [0.29, 0.717) is 29.3 Å². The van der Waals surface area contributed by atoms with Crippen molar-refractivity contribution in [1.29, 1.82) is 0 Å². The predicted octanol–water partition coefficient (Wildman–Crippen LogP) is 2.48. The molecule has 6 nitrogen and oxygen atoms in total. The van der Waals surface area contributed by atoms with Crippen LogP contribution in [-0.4, -0.2) is 28.1 Å². The Hall–Kier alpha value is -2.70. The van der Waals surface area contributed by atoms with Gasteiger partial charge in [-0.05, 0) is 30.9 Å². The first-order valence-corrected chi connectivity index (χ1v) is 8.93. The van der Waals surface area contributed by atoms with Gasteiger partial charge >= 0.3 is 0 Å². The minimum absolute atomic E-state index is 0.0526. The van der Waals surface area contributed by atoms with Crippen LogP contribution in [0.25, 0.3) is 11.3 Å². The third kappa shape index (κ3) is 4.09. The SMILES string of the molecule is NC(=O)CCNC(=O)c1cnn(CC2CCCC2)c1-c1ccccc1F. The molecule has 1 heterocycles. The van der Waals surface area contributed by atoms with Crippen LogP contribution in [0.15, 0.2) is 30.5 Å². The molecule has 0 atom stereocenters. The van der Waals surface area contributed by atoms with Crippen LogP contribution in [0.4, 0.5) is 4.39 Å². The van der Waals surface area contributed by atoms with Gasteiger partial charge in [-0.15, -0.1) is 0 Å². The molecule has 1 aromatic heterocycles. The van der Waals surface area contributed by atoms with E-state index >= 15 is 0 Å². The topological polar surface area (TPSA) is 90.0 Å². The molecule has 3 rings (SSSR count). The molecule has 1 aromatic carbocycles. The Morgan fingerprint density at radius 2 is 2.00 bits per heavy atom. The fraction of sp³-hybridized carbons (Fsp3) is 0.421. The largest absolute Gasteiger partial charge is 0.370 e. The Morgan fingerprint density at radius 1 is 1.27 bits per heavy atom. The van der Waals surface area contributed by atoms with E-state index in [0.717, 1.165) is 12.8 Å². The summed E-state index contributed by atoms with van der Waals surface area (Å²) >= 11 is 0. The molecule has 2 aromatic rings. The Morgan fingerprint density at radius 3 is 2.69 bits per heavy atom. The Balaban J connectivity index is 1.91. The van der Waals surface area contributed by atoms with E-state index in [1.165, 1.54) is 25.1 Å². The van der Waals surface area contributed by atoms with E-state index in [-0.39, 0.29) is 18.9 Å². The van der Waals surface area contributed by atoms with E-state index in [4.69, 9.17) is 5.73 Å². The van der Waals surface area contributed by atoms with Crippen molar-refractivity contribution in [1.82, 2.24) is 15.1 Å². The van der Waals surface area contributed by atoms with Crippen LogP contribution in [0, 0.1) is 11.7 Å². The van der Waals surface area contributed by atoms with Crippen LogP contribution in [-0.2, 0) is 11.3 Å². The van der Waals surface area contributed by atoms with Gasteiger partial charge in [0.25, 0.3) is 5.91 Å². The zero-order valence-corrected chi connectivity index (χ0v) is 14.6. The van der Waals surface area contributed by atoms with Crippen molar-refractivity contribution in [3.05, 3.63) is 41.8 Å². The maximum Gasteiger partial charge on any atom is 0.255 e. The summed E-state index contributed by atoms with van der Waals surface area (Å²) in [6.07, 6.45) is 6.16. The number of carbonyl (C=O) groups excluding carboxylic acids is 2.